The van der Waals surface area contributed by atoms with Gasteiger partial charge in [0.1, 0.15) is 17.4 Å². The Morgan fingerprint density at radius 2 is 1.70 bits per heavy atom. The third-order valence-corrected chi connectivity index (χ3v) is 6.48. The van der Waals surface area contributed by atoms with Gasteiger partial charge in [0.2, 0.25) is 5.95 Å². The molecule has 0 spiro atoms. The van der Waals surface area contributed by atoms with E-state index in [2.05, 4.69) is 34.4 Å². The smallest absolute Gasteiger partial charge is 0.415 e. The van der Waals surface area contributed by atoms with Crippen LogP contribution in [0.4, 0.5) is 22.2 Å². The maximum Gasteiger partial charge on any atom is 0.415 e. The molecule has 0 radical (unpaired) electrons. The van der Waals surface area contributed by atoms with Gasteiger partial charge in [0, 0.05) is 32.2 Å². The predicted octanol–water partition coefficient (Wildman–Crippen LogP) is 5.49. The molecule has 1 aromatic heterocycles. The number of benzene rings is 1. The van der Waals surface area contributed by atoms with E-state index in [1.165, 1.54) is 0 Å². The minimum Gasteiger partial charge on any atom is -0.458 e. The van der Waals surface area contributed by atoms with Crippen LogP contribution in [0.1, 0.15) is 73.3 Å². The predicted molar refractivity (Wildman–Crippen MR) is 159 cm³/mol. The SMILES string of the molecule is CCN(CC)c1ncc(NC(C)C)c(N[C@@H](CCc2ccc(OC(=O)N3CCCC3)cc2)C(=O)OC(C)(C)C)n1. The van der Waals surface area contributed by atoms with Crippen LogP contribution in [0.15, 0.2) is 30.5 Å². The highest BCUT2D eigenvalue weighted by molar-refractivity contribution is 5.81. The average Bonchev–Trinajstić information content (AvgIpc) is 3.43. The van der Waals surface area contributed by atoms with Gasteiger partial charge < -0.3 is 29.9 Å². The summed E-state index contributed by atoms with van der Waals surface area (Å²) in [4.78, 5) is 38.8. The van der Waals surface area contributed by atoms with Gasteiger partial charge in [-0.05, 0) is 91.8 Å². The lowest BCUT2D eigenvalue weighted by Crippen LogP contribution is -2.37. The molecule has 1 saturated heterocycles. The fourth-order valence-electron chi connectivity index (χ4n) is 4.45. The molecule has 0 saturated carbocycles. The number of hydrogen-bond acceptors (Lipinski definition) is 9. The van der Waals surface area contributed by atoms with Gasteiger partial charge >= 0.3 is 12.1 Å². The number of anilines is 3. The Hall–Kier alpha value is -3.56. The highest BCUT2D eigenvalue weighted by atomic mass is 16.6. The third-order valence-electron chi connectivity index (χ3n) is 6.48. The van der Waals surface area contributed by atoms with Crippen molar-refractivity contribution in [1.29, 1.82) is 0 Å². The second kappa shape index (κ2) is 14.2. The zero-order chi connectivity index (χ0) is 29.3. The molecule has 1 fully saturated rings. The molecule has 3 rings (SSSR count). The quantitative estimate of drug-likeness (QED) is 0.329. The standard InChI is InChI=1S/C30H46N6O4/c1-8-35(9-2)28-31-20-25(32-21(3)4)26(34-28)33-24(27(37)40-30(5,6)7)17-14-22-12-15-23(16-13-22)39-29(38)36-18-10-11-19-36/h12-13,15-16,20-21,24,32H,8-11,14,17-19H2,1-7H3,(H,31,33,34)/t24-/m0/s1. The molecule has 10 nitrogen and oxygen atoms in total. The van der Waals surface area contributed by atoms with E-state index < -0.39 is 11.6 Å². The first-order chi connectivity index (χ1) is 19.0. The van der Waals surface area contributed by atoms with Crippen LogP contribution >= 0.6 is 0 Å². The summed E-state index contributed by atoms with van der Waals surface area (Å²) >= 11 is 0. The van der Waals surface area contributed by atoms with Crippen molar-refractivity contribution in [1.82, 2.24) is 14.9 Å². The number of aryl methyl sites for hydroxylation is 1. The highest BCUT2D eigenvalue weighted by Crippen LogP contribution is 2.25. The van der Waals surface area contributed by atoms with Gasteiger partial charge in [-0.2, -0.15) is 4.98 Å². The molecule has 1 amide bonds. The number of nitrogens with one attached hydrogen (secondary N) is 2. The number of amides is 1. The molecular weight excluding hydrogens is 508 g/mol. The molecule has 1 aliphatic rings. The Morgan fingerprint density at radius 1 is 1.05 bits per heavy atom. The van der Waals surface area contributed by atoms with Crippen molar-refractivity contribution < 1.29 is 19.1 Å². The Bertz CT molecular complexity index is 1110. The van der Waals surface area contributed by atoms with Crippen molar-refractivity contribution in [3.63, 3.8) is 0 Å². The maximum absolute atomic E-state index is 13.3. The Labute approximate surface area is 238 Å². The van der Waals surface area contributed by atoms with Gasteiger partial charge in [0.15, 0.2) is 5.82 Å². The number of likely N-dealkylation sites (tertiary alicyclic amines) is 1. The maximum atomic E-state index is 13.3. The van der Waals surface area contributed by atoms with Crippen molar-refractivity contribution in [2.75, 3.05) is 41.7 Å². The second-order valence-electron chi connectivity index (χ2n) is 11.4. The largest absolute Gasteiger partial charge is 0.458 e. The fourth-order valence-corrected chi connectivity index (χ4v) is 4.45. The van der Waals surface area contributed by atoms with E-state index in [1.807, 2.05) is 46.8 Å². The van der Waals surface area contributed by atoms with Crippen molar-refractivity contribution in [2.24, 2.45) is 0 Å². The summed E-state index contributed by atoms with van der Waals surface area (Å²) in [6.45, 7) is 16.8. The molecule has 10 heteroatoms. The summed E-state index contributed by atoms with van der Waals surface area (Å²) < 4.78 is 11.3. The summed E-state index contributed by atoms with van der Waals surface area (Å²) in [6, 6.07) is 6.96. The molecular formula is C30H46N6O4. The summed E-state index contributed by atoms with van der Waals surface area (Å²) in [5.74, 6) is 1.33. The number of carbonyl (C=O) groups is 2. The zero-order valence-corrected chi connectivity index (χ0v) is 25.1. The van der Waals surface area contributed by atoms with Gasteiger partial charge in [-0.3, -0.25) is 0 Å². The number of esters is 1. The van der Waals surface area contributed by atoms with Crippen LogP contribution < -0.4 is 20.3 Å². The van der Waals surface area contributed by atoms with E-state index in [0.717, 1.165) is 50.3 Å². The number of hydrogen-bond donors (Lipinski definition) is 2. The Kier molecular flexibility index (Phi) is 11.0. The monoisotopic (exact) mass is 554 g/mol. The number of rotatable bonds is 12. The minimum atomic E-state index is -0.640. The normalized spacial score (nSPS) is 14.2. The van der Waals surface area contributed by atoms with E-state index in [4.69, 9.17) is 14.5 Å². The lowest BCUT2D eigenvalue weighted by molar-refractivity contribution is -0.155. The molecule has 0 aliphatic carbocycles. The molecule has 220 valence electrons. The average molecular weight is 555 g/mol. The molecule has 2 heterocycles. The second-order valence-corrected chi connectivity index (χ2v) is 11.4. The van der Waals surface area contributed by atoms with Gasteiger partial charge in [-0.25, -0.2) is 14.6 Å². The molecule has 1 atom stereocenters. The minimum absolute atomic E-state index is 0.154. The van der Waals surface area contributed by atoms with E-state index in [9.17, 15) is 9.59 Å². The van der Waals surface area contributed by atoms with Crippen molar-refractivity contribution >= 4 is 29.5 Å². The molecule has 1 aliphatic heterocycles. The topological polar surface area (TPSA) is 109 Å². The highest BCUT2D eigenvalue weighted by Gasteiger charge is 2.27. The number of nitrogens with zero attached hydrogens (tertiary/aromatic N) is 4. The fraction of sp³-hybridized carbons (Fsp3) is 0.600. The van der Waals surface area contributed by atoms with Crippen LogP contribution in [0.3, 0.4) is 0 Å². The van der Waals surface area contributed by atoms with Gasteiger partial charge in [0.05, 0.1) is 11.9 Å². The first kappa shape index (κ1) is 31.0. The number of carbonyl (C=O) groups excluding carboxylic acids is 2. The molecule has 1 aromatic carbocycles. The van der Waals surface area contributed by atoms with Crippen molar-refractivity contribution in [2.45, 2.75) is 91.8 Å². The molecule has 0 bridgehead atoms. The Morgan fingerprint density at radius 3 is 2.27 bits per heavy atom. The first-order valence-electron chi connectivity index (χ1n) is 14.4. The molecule has 2 aromatic rings. The lowest BCUT2D eigenvalue weighted by Gasteiger charge is -2.27. The summed E-state index contributed by atoms with van der Waals surface area (Å²) in [7, 11) is 0. The van der Waals surface area contributed by atoms with Gasteiger partial charge in [-0.15, -0.1) is 0 Å². The van der Waals surface area contributed by atoms with Crippen molar-refractivity contribution in [3.05, 3.63) is 36.0 Å². The van der Waals surface area contributed by atoms with Crippen LogP contribution in [0.25, 0.3) is 0 Å². The Balaban J connectivity index is 1.77. The van der Waals surface area contributed by atoms with E-state index in [1.54, 1.807) is 23.2 Å². The van der Waals surface area contributed by atoms with Crippen LogP contribution in [0, 0.1) is 0 Å². The zero-order valence-electron chi connectivity index (χ0n) is 25.1. The van der Waals surface area contributed by atoms with Crippen LogP contribution in [-0.4, -0.2) is 70.8 Å². The van der Waals surface area contributed by atoms with Gasteiger partial charge in [-0.1, -0.05) is 12.1 Å². The third kappa shape index (κ3) is 9.27. The van der Waals surface area contributed by atoms with E-state index >= 15 is 0 Å². The molecule has 2 N–H and O–H groups in total. The van der Waals surface area contributed by atoms with E-state index in [0.29, 0.717) is 30.4 Å². The molecule has 0 unspecified atom stereocenters. The lowest BCUT2D eigenvalue weighted by atomic mass is 10.0. The van der Waals surface area contributed by atoms with E-state index in [-0.39, 0.29) is 18.1 Å². The summed E-state index contributed by atoms with van der Waals surface area (Å²) in [5, 5.41) is 6.75. The number of aromatic nitrogens is 2. The van der Waals surface area contributed by atoms with Gasteiger partial charge in [0.25, 0.3) is 0 Å². The first-order valence-corrected chi connectivity index (χ1v) is 14.4. The van der Waals surface area contributed by atoms with Crippen LogP contribution in [0.2, 0.25) is 0 Å². The van der Waals surface area contributed by atoms with Crippen LogP contribution in [0.5, 0.6) is 5.75 Å². The summed E-state index contributed by atoms with van der Waals surface area (Å²) in [5.41, 5.74) is 1.11. The summed E-state index contributed by atoms with van der Waals surface area (Å²) in [6.07, 6.45) is 4.58. The van der Waals surface area contributed by atoms with Crippen molar-refractivity contribution in [3.8, 4) is 5.75 Å². The number of ether oxygens (including phenoxy) is 2. The molecule has 40 heavy (non-hydrogen) atoms. The van der Waals surface area contributed by atoms with Crippen LogP contribution in [-0.2, 0) is 16.0 Å².